The molecule has 0 saturated carbocycles. The Labute approximate surface area is 200 Å². The molecule has 1 aromatic carbocycles. The number of likely N-dealkylation sites (tertiary alicyclic amines) is 1. The van der Waals surface area contributed by atoms with E-state index in [1.54, 1.807) is 11.1 Å². The molecule has 174 valence electrons. The number of piperidine rings is 1. The highest BCUT2D eigenvalue weighted by Crippen LogP contribution is 2.33. The molecule has 0 aliphatic carbocycles. The molecule has 0 radical (unpaired) electrons. The van der Waals surface area contributed by atoms with Crippen molar-refractivity contribution in [1.82, 2.24) is 14.9 Å². The smallest absolute Gasteiger partial charge is 0.410 e. The predicted octanol–water partition coefficient (Wildman–Crippen LogP) is 6.23. The van der Waals surface area contributed by atoms with Crippen LogP contribution in [0.4, 0.5) is 4.79 Å². The Kier molecular flexibility index (Phi) is 6.83. The molecule has 0 atom stereocenters. The molecule has 0 spiro atoms. The van der Waals surface area contributed by atoms with Gasteiger partial charge < -0.3 is 14.6 Å². The molecule has 3 heterocycles. The fourth-order valence-corrected chi connectivity index (χ4v) is 4.17. The molecule has 1 aliphatic rings. The Morgan fingerprint density at radius 2 is 1.88 bits per heavy atom. The van der Waals surface area contributed by atoms with Gasteiger partial charge in [-0.1, -0.05) is 36.4 Å². The molecular weight excluding hydrogens is 424 g/mol. The lowest BCUT2D eigenvalue weighted by Crippen LogP contribution is -2.41. The van der Waals surface area contributed by atoms with E-state index in [-0.39, 0.29) is 12.0 Å². The lowest BCUT2D eigenvalue weighted by molar-refractivity contribution is 0.0204. The van der Waals surface area contributed by atoms with Crippen molar-refractivity contribution in [3.8, 4) is 17.3 Å². The minimum absolute atomic E-state index is 0.196. The zero-order valence-corrected chi connectivity index (χ0v) is 19.9. The minimum atomic E-state index is -0.504. The molecule has 6 nitrogen and oxygen atoms in total. The first kappa shape index (κ1) is 23.3. The van der Waals surface area contributed by atoms with Gasteiger partial charge in [0.25, 0.3) is 0 Å². The summed E-state index contributed by atoms with van der Waals surface area (Å²) in [5.74, 6) is 0.196. The molecule has 1 N–H and O–H groups in total. The third-order valence-corrected chi connectivity index (χ3v) is 5.86. The number of amides is 1. The van der Waals surface area contributed by atoms with Crippen LogP contribution in [0.2, 0.25) is 0 Å². The highest BCUT2D eigenvalue weighted by molar-refractivity contribution is 5.72. The first-order valence-corrected chi connectivity index (χ1v) is 11.6. The first-order valence-electron chi connectivity index (χ1n) is 11.6. The first-order chi connectivity index (χ1) is 16.3. The van der Waals surface area contributed by atoms with Gasteiger partial charge in [-0.05, 0) is 63.5 Å². The number of aromatic amines is 1. The highest BCUT2D eigenvalue weighted by atomic mass is 16.6. The molecule has 6 heteroatoms. The number of ether oxygens (including phenoxy) is 1. The standard InChI is InChI=1S/C28H30N4O2/c1-28(2,3)34-27(33)32-15-12-21(13-16-32)26-23(19-29)18-25(31-26)22-11-14-30-24(17-22)10-9-20-7-5-4-6-8-20/h4-11,14,17-18,21,31H,12-13,15-16H2,1-3H3/b10-9+. The van der Waals surface area contributed by atoms with Crippen molar-refractivity contribution in [1.29, 1.82) is 5.26 Å². The van der Waals surface area contributed by atoms with Crippen LogP contribution in [0, 0.1) is 11.3 Å². The Morgan fingerprint density at radius 1 is 1.15 bits per heavy atom. The van der Waals surface area contributed by atoms with Gasteiger partial charge in [0.1, 0.15) is 11.7 Å². The third-order valence-electron chi connectivity index (χ3n) is 5.86. The van der Waals surface area contributed by atoms with Crippen molar-refractivity contribution in [2.45, 2.75) is 45.1 Å². The number of hydrogen-bond acceptors (Lipinski definition) is 4. The van der Waals surface area contributed by atoms with Crippen LogP contribution in [0.5, 0.6) is 0 Å². The van der Waals surface area contributed by atoms with Crippen LogP contribution >= 0.6 is 0 Å². The van der Waals surface area contributed by atoms with Gasteiger partial charge in [0.05, 0.1) is 11.3 Å². The zero-order chi connectivity index (χ0) is 24.1. The second kappa shape index (κ2) is 9.96. The maximum Gasteiger partial charge on any atom is 0.410 e. The molecular formula is C28H30N4O2. The quantitative estimate of drug-likeness (QED) is 0.506. The average Bonchev–Trinajstić information content (AvgIpc) is 3.27. The summed E-state index contributed by atoms with van der Waals surface area (Å²) in [6.07, 6.45) is 7.11. The molecule has 1 fully saturated rings. The Hall–Kier alpha value is -3.85. The maximum atomic E-state index is 12.4. The lowest BCUT2D eigenvalue weighted by atomic mass is 9.92. The molecule has 34 heavy (non-hydrogen) atoms. The normalized spacial score (nSPS) is 14.8. The van der Waals surface area contributed by atoms with E-state index in [2.05, 4.69) is 16.0 Å². The van der Waals surface area contributed by atoms with Gasteiger partial charge in [-0.2, -0.15) is 5.26 Å². The summed E-state index contributed by atoms with van der Waals surface area (Å²) in [6, 6.07) is 18.3. The van der Waals surface area contributed by atoms with Crippen LogP contribution in [-0.4, -0.2) is 39.7 Å². The summed E-state index contributed by atoms with van der Waals surface area (Å²) >= 11 is 0. The number of rotatable bonds is 4. The molecule has 0 bridgehead atoms. The van der Waals surface area contributed by atoms with E-state index in [0.29, 0.717) is 18.7 Å². The van der Waals surface area contributed by atoms with Crippen molar-refractivity contribution in [3.63, 3.8) is 0 Å². The lowest BCUT2D eigenvalue weighted by Gasteiger charge is -2.33. The summed E-state index contributed by atoms with van der Waals surface area (Å²) < 4.78 is 5.50. The number of nitrogens with zero attached hydrogens (tertiary/aromatic N) is 3. The van der Waals surface area contributed by atoms with E-state index in [1.165, 1.54) is 0 Å². The monoisotopic (exact) mass is 454 g/mol. The van der Waals surface area contributed by atoms with E-state index in [4.69, 9.17) is 4.74 Å². The predicted molar refractivity (Wildman–Crippen MR) is 134 cm³/mol. The molecule has 1 aliphatic heterocycles. The molecule has 2 aromatic heterocycles. The molecule has 0 unspecified atom stereocenters. The van der Waals surface area contributed by atoms with Gasteiger partial charge >= 0.3 is 6.09 Å². The van der Waals surface area contributed by atoms with Crippen molar-refractivity contribution in [2.75, 3.05) is 13.1 Å². The fourth-order valence-electron chi connectivity index (χ4n) is 4.17. The number of hydrogen-bond donors (Lipinski definition) is 1. The average molecular weight is 455 g/mol. The minimum Gasteiger partial charge on any atom is -0.444 e. The van der Waals surface area contributed by atoms with Crippen LogP contribution < -0.4 is 0 Å². The van der Waals surface area contributed by atoms with Crippen LogP contribution in [0.25, 0.3) is 23.4 Å². The number of carbonyl (C=O) groups excluding carboxylic acids is 1. The number of nitrogens with one attached hydrogen (secondary N) is 1. The molecule has 1 amide bonds. The summed E-state index contributed by atoms with van der Waals surface area (Å²) in [4.78, 5) is 22.1. The number of H-pyrrole nitrogens is 1. The van der Waals surface area contributed by atoms with Crippen molar-refractivity contribution in [2.24, 2.45) is 0 Å². The van der Waals surface area contributed by atoms with Gasteiger partial charge in [0, 0.05) is 42.2 Å². The van der Waals surface area contributed by atoms with Crippen molar-refractivity contribution in [3.05, 3.63) is 77.2 Å². The second-order valence-electron chi connectivity index (χ2n) is 9.58. The van der Waals surface area contributed by atoms with Gasteiger partial charge in [-0.3, -0.25) is 4.98 Å². The molecule has 1 saturated heterocycles. The van der Waals surface area contributed by atoms with E-state index in [9.17, 15) is 10.1 Å². The van der Waals surface area contributed by atoms with Gasteiger partial charge in [0.2, 0.25) is 0 Å². The van der Waals surface area contributed by atoms with E-state index in [0.717, 1.165) is 41.1 Å². The Balaban J connectivity index is 1.48. The van der Waals surface area contributed by atoms with Crippen LogP contribution in [0.1, 0.15) is 62.0 Å². The maximum absolute atomic E-state index is 12.4. The van der Waals surface area contributed by atoms with Crippen molar-refractivity contribution >= 4 is 18.2 Å². The van der Waals surface area contributed by atoms with Gasteiger partial charge in [-0.15, -0.1) is 0 Å². The summed E-state index contributed by atoms with van der Waals surface area (Å²) in [6.45, 7) is 6.85. The van der Waals surface area contributed by atoms with Crippen LogP contribution in [0.15, 0.2) is 54.7 Å². The van der Waals surface area contributed by atoms with Crippen molar-refractivity contribution < 1.29 is 9.53 Å². The topological polar surface area (TPSA) is 82.0 Å². The summed E-state index contributed by atoms with van der Waals surface area (Å²) in [5, 5.41) is 9.76. The Morgan fingerprint density at radius 3 is 2.56 bits per heavy atom. The van der Waals surface area contributed by atoms with E-state index < -0.39 is 5.60 Å². The van der Waals surface area contributed by atoms with Gasteiger partial charge in [-0.25, -0.2) is 4.79 Å². The SMILES string of the molecule is CC(C)(C)OC(=O)N1CCC(c2[nH]c(-c3ccnc(/C=C/c4ccccc4)c3)cc2C#N)CC1. The highest BCUT2D eigenvalue weighted by Gasteiger charge is 2.29. The number of nitriles is 1. The third kappa shape index (κ3) is 5.74. The summed E-state index contributed by atoms with van der Waals surface area (Å²) in [7, 11) is 0. The fraction of sp³-hybridized carbons (Fsp3) is 0.321. The van der Waals surface area contributed by atoms with Gasteiger partial charge in [0.15, 0.2) is 0 Å². The van der Waals surface area contributed by atoms with Crippen LogP contribution in [-0.2, 0) is 4.74 Å². The second-order valence-corrected chi connectivity index (χ2v) is 9.58. The summed E-state index contributed by atoms with van der Waals surface area (Å²) in [5.41, 5.74) is 4.94. The molecule has 4 rings (SSSR count). The number of pyridine rings is 1. The largest absolute Gasteiger partial charge is 0.444 e. The molecule has 3 aromatic rings. The number of carbonyl (C=O) groups is 1. The number of benzene rings is 1. The Bertz CT molecular complexity index is 1210. The van der Waals surface area contributed by atoms with E-state index >= 15 is 0 Å². The number of aromatic nitrogens is 2. The van der Waals surface area contributed by atoms with E-state index in [1.807, 2.05) is 81.5 Å². The van der Waals surface area contributed by atoms with Crippen LogP contribution in [0.3, 0.4) is 0 Å². The zero-order valence-electron chi connectivity index (χ0n) is 19.9.